The van der Waals surface area contributed by atoms with Crippen molar-refractivity contribution in [1.29, 1.82) is 0 Å². The number of amidine groups is 1. The van der Waals surface area contributed by atoms with E-state index in [0.29, 0.717) is 5.92 Å². The monoisotopic (exact) mass is 272 g/mol. The maximum Gasteiger partial charge on any atom is 0.130 e. The van der Waals surface area contributed by atoms with E-state index in [1.165, 1.54) is 0 Å². The van der Waals surface area contributed by atoms with E-state index < -0.39 is 0 Å². The summed E-state index contributed by atoms with van der Waals surface area (Å²) in [6.45, 7) is 13.9. The summed E-state index contributed by atoms with van der Waals surface area (Å²) in [5.74, 6) is 2.11. The third-order valence-electron chi connectivity index (χ3n) is 2.87. The molecule has 0 radical (unpaired) electrons. The summed E-state index contributed by atoms with van der Waals surface area (Å²) >= 11 is 0. The van der Waals surface area contributed by atoms with Crippen LogP contribution in [0.4, 0.5) is 0 Å². The second-order valence-electron chi connectivity index (χ2n) is 5.51. The van der Waals surface area contributed by atoms with Crippen LogP contribution in [0.25, 0.3) is 0 Å². The van der Waals surface area contributed by atoms with E-state index in [1.807, 2.05) is 32.3 Å². The Hall–Kier alpha value is -1.84. The van der Waals surface area contributed by atoms with Gasteiger partial charge in [-0.05, 0) is 32.5 Å². The van der Waals surface area contributed by atoms with Crippen LogP contribution < -0.4 is 0 Å². The van der Waals surface area contributed by atoms with Gasteiger partial charge in [-0.1, -0.05) is 26.3 Å². The van der Waals surface area contributed by atoms with Crippen molar-refractivity contribution < 1.29 is 0 Å². The van der Waals surface area contributed by atoms with Gasteiger partial charge in [0.05, 0.1) is 0 Å². The predicted octanol–water partition coefficient (Wildman–Crippen LogP) is 3.80. The molecule has 0 aliphatic carbocycles. The lowest BCUT2D eigenvalue weighted by Crippen LogP contribution is -2.14. The number of hydrogen-bond donors (Lipinski definition) is 0. The summed E-state index contributed by atoms with van der Waals surface area (Å²) in [4.78, 5) is 17.3. The van der Waals surface area contributed by atoms with Crippen LogP contribution in [0.1, 0.15) is 52.1 Å². The first kappa shape index (κ1) is 16.2. The summed E-state index contributed by atoms with van der Waals surface area (Å²) in [7, 11) is 0. The second-order valence-corrected chi connectivity index (χ2v) is 5.51. The highest BCUT2D eigenvalue weighted by Gasteiger charge is 2.12. The highest BCUT2D eigenvalue weighted by molar-refractivity contribution is 5.88. The van der Waals surface area contributed by atoms with Crippen molar-refractivity contribution in [1.82, 2.24) is 9.97 Å². The first-order valence-electron chi connectivity index (χ1n) is 6.93. The number of hydrogen-bond acceptors (Lipinski definition) is 3. The van der Waals surface area contributed by atoms with Gasteiger partial charge in [-0.25, -0.2) is 20.0 Å². The van der Waals surface area contributed by atoms with Crippen molar-refractivity contribution in [3.8, 4) is 0 Å². The Morgan fingerprint density at radius 1 is 1.35 bits per heavy atom. The van der Waals surface area contributed by atoms with E-state index in [0.717, 1.165) is 29.3 Å². The third-order valence-corrected chi connectivity index (χ3v) is 2.87. The zero-order chi connectivity index (χ0) is 15.1. The Bertz CT molecular complexity index is 511. The van der Waals surface area contributed by atoms with Crippen LogP contribution in [-0.2, 0) is 6.42 Å². The molecule has 1 aromatic heterocycles. The zero-order valence-corrected chi connectivity index (χ0v) is 13.1. The van der Waals surface area contributed by atoms with E-state index in [1.54, 1.807) is 0 Å². The molecule has 0 saturated heterocycles. The summed E-state index contributed by atoms with van der Waals surface area (Å²) in [5, 5.41) is 0. The Morgan fingerprint density at radius 2 is 2.05 bits per heavy atom. The summed E-state index contributed by atoms with van der Waals surface area (Å²) in [6.07, 6.45) is 4.35. The molecule has 0 saturated carbocycles. The molecular weight excluding hydrogens is 248 g/mol. The molecule has 1 rings (SSSR count). The van der Waals surface area contributed by atoms with E-state index in [9.17, 15) is 0 Å². The molecule has 1 atom stereocenters. The molecule has 1 aromatic rings. The normalized spacial score (nSPS) is 13.2. The molecule has 0 fully saturated rings. The molecule has 4 heteroatoms. The van der Waals surface area contributed by atoms with Crippen LogP contribution in [0.3, 0.4) is 0 Å². The summed E-state index contributed by atoms with van der Waals surface area (Å²) in [6, 6.07) is 1.96. The fourth-order valence-electron chi connectivity index (χ4n) is 1.72. The van der Waals surface area contributed by atoms with Gasteiger partial charge in [-0.3, -0.25) is 0 Å². The van der Waals surface area contributed by atoms with Crippen molar-refractivity contribution in [3.05, 3.63) is 35.6 Å². The first-order valence-corrected chi connectivity index (χ1v) is 6.93. The van der Waals surface area contributed by atoms with E-state index in [-0.39, 0.29) is 5.92 Å². The number of rotatable bonds is 5. The quantitative estimate of drug-likeness (QED) is 0.604. The lowest BCUT2D eigenvalue weighted by atomic mass is 10.1. The van der Waals surface area contributed by atoms with Gasteiger partial charge >= 0.3 is 0 Å². The highest BCUT2D eigenvalue weighted by atomic mass is 14.9. The van der Waals surface area contributed by atoms with Gasteiger partial charge in [0.15, 0.2) is 0 Å². The average molecular weight is 272 g/mol. The van der Waals surface area contributed by atoms with Gasteiger partial charge in [0, 0.05) is 30.4 Å². The van der Waals surface area contributed by atoms with Crippen molar-refractivity contribution >= 4 is 12.6 Å². The third kappa shape index (κ3) is 5.03. The Labute approximate surface area is 121 Å². The minimum Gasteiger partial charge on any atom is -0.249 e. The van der Waals surface area contributed by atoms with Crippen molar-refractivity contribution in [3.63, 3.8) is 0 Å². The largest absolute Gasteiger partial charge is 0.249 e. The molecule has 0 aromatic carbocycles. The van der Waals surface area contributed by atoms with Crippen molar-refractivity contribution in [2.75, 3.05) is 0 Å². The van der Waals surface area contributed by atoms with Crippen LogP contribution in [0, 0.1) is 5.92 Å². The fourth-order valence-corrected chi connectivity index (χ4v) is 1.72. The molecule has 4 nitrogen and oxygen atoms in total. The topological polar surface area (TPSA) is 50.5 Å². The standard InChI is InChI=1S/C16H24N4/c1-11(2)10-19-16(17-6)13(5)9-15-18-8-7-14(20-15)12(3)4/h7-8,10,12-13H,6,9H2,1-5H3. The highest BCUT2D eigenvalue weighted by Crippen LogP contribution is 2.13. The Morgan fingerprint density at radius 3 is 2.60 bits per heavy atom. The maximum absolute atomic E-state index is 4.58. The SMILES string of the molecule is C=NC(=NC=C(C)C)C(C)Cc1nccc(C(C)C)n1. The second kappa shape index (κ2) is 7.68. The number of aliphatic imine (C=N–C) groups is 2. The molecule has 108 valence electrons. The van der Waals surface area contributed by atoms with Crippen LogP contribution in [0.5, 0.6) is 0 Å². The molecule has 1 heterocycles. The number of nitrogens with zero attached hydrogens (tertiary/aromatic N) is 4. The molecule has 0 aliphatic rings. The number of allylic oxidation sites excluding steroid dienone is 1. The van der Waals surface area contributed by atoms with E-state index in [4.69, 9.17) is 0 Å². The molecular formula is C16H24N4. The zero-order valence-electron chi connectivity index (χ0n) is 13.1. The Balaban J connectivity index is 2.86. The molecule has 1 unspecified atom stereocenters. The summed E-state index contributed by atoms with van der Waals surface area (Å²) in [5.41, 5.74) is 2.20. The minimum absolute atomic E-state index is 0.144. The molecule has 20 heavy (non-hydrogen) atoms. The minimum atomic E-state index is 0.144. The molecule has 0 amide bonds. The van der Waals surface area contributed by atoms with Gasteiger partial charge in [-0.2, -0.15) is 0 Å². The summed E-state index contributed by atoms with van der Waals surface area (Å²) < 4.78 is 0. The van der Waals surface area contributed by atoms with Crippen LogP contribution >= 0.6 is 0 Å². The lowest BCUT2D eigenvalue weighted by Gasteiger charge is -2.11. The van der Waals surface area contributed by atoms with Crippen LogP contribution in [-0.4, -0.2) is 22.5 Å². The van der Waals surface area contributed by atoms with Crippen LogP contribution in [0.2, 0.25) is 0 Å². The molecule has 0 spiro atoms. The first-order chi connectivity index (χ1) is 9.43. The maximum atomic E-state index is 4.58. The molecule has 0 bridgehead atoms. The fraction of sp³-hybridized carbons (Fsp3) is 0.500. The lowest BCUT2D eigenvalue weighted by molar-refractivity contribution is 0.697. The van der Waals surface area contributed by atoms with Crippen molar-refractivity contribution in [2.24, 2.45) is 15.9 Å². The van der Waals surface area contributed by atoms with Gasteiger partial charge in [0.25, 0.3) is 0 Å². The van der Waals surface area contributed by atoms with Gasteiger partial charge in [0.2, 0.25) is 0 Å². The average Bonchev–Trinajstić information content (AvgIpc) is 2.39. The van der Waals surface area contributed by atoms with Gasteiger partial charge in [-0.15, -0.1) is 0 Å². The van der Waals surface area contributed by atoms with Crippen molar-refractivity contribution in [2.45, 2.75) is 47.0 Å². The molecule has 0 N–H and O–H groups in total. The van der Waals surface area contributed by atoms with Crippen LogP contribution in [0.15, 0.2) is 34.0 Å². The van der Waals surface area contributed by atoms with Gasteiger partial charge in [0.1, 0.15) is 11.7 Å². The molecule has 0 aliphatic heterocycles. The predicted molar refractivity (Wildman–Crippen MR) is 85.4 cm³/mol. The van der Waals surface area contributed by atoms with E-state index in [2.05, 4.69) is 47.4 Å². The smallest absolute Gasteiger partial charge is 0.130 e. The Kier molecular flexibility index (Phi) is 6.22. The number of aromatic nitrogens is 2. The van der Waals surface area contributed by atoms with E-state index >= 15 is 0 Å². The van der Waals surface area contributed by atoms with Gasteiger partial charge < -0.3 is 0 Å².